The molecule has 0 saturated carbocycles. The first-order valence-electron chi connectivity index (χ1n) is 6.79. The number of pyridine rings is 1. The fourth-order valence-electron chi connectivity index (χ4n) is 2.47. The molecule has 0 aliphatic carbocycles. The Labute approximate surface area is 118 Å². The van der Waals surface area contributed by atoms with Gasteiger partial charge in [-0.15, -0.1) is 0 Å². The number of nitrogens with zero attached hydrogens (tertiary/aromatic N) is 3. The third-order valence-electron chi connectivity index (χ3n) is 3.38. The van der Waals surface area contributed by atoms with Crippen molar-refractivity contribution in [3.05, 3.63) is 48.7 Å². The minimum Gasteiger partial charge on any atom is -0.496 e. The van der Waals surface area contributed by atoms with Crippen LogP contribution in [0.25, 0.3) is 16.6 Å². The molecular formula is C16H17N3O. The number of aromatic nitrogens is 3. The highest BCUT2D eigenvalue weighted by Crippen LogP contribution is 2.28. The van der Waals surface area contributed by atoms with Crippen LogP contribution < -0.4 is 4.74 Å². The molecule has 20 heavy (non-hydrogen) atoms. The molecule has 102 valence electrons. The molecule has 0 fully saturated rings. The highest BCUT2D eigenvalue weighted by Gasteiger charge is 2.11. The van der Waals surface area contributed by atoms with Gasteiger partial charge in [0, 0.05) is 35.8 Å². The first-order valence-corrected chi connectivity index (χ1v) is 6.79. The Kier molecular flexibility index (Phi) is 3.37. The van der Waals surface area contributed by atoms with E-state index in [2.05, 4.69) is 27.5 Å². The Morgan fingerprint density at radius 3 is 2.80 bits per heavy atom. The predicted molar refractivity (Wildman–Crippen MR) is 79.4 cm³/mol. The van der Waals surface area contributed by atoms with Crippen LogP contribution >= 0.6 is 0 Å². The van der Waals surface area contributed by atoms with Crippen LogP contribution in [0.15, 0.2) is 42.9 Å². The van der Waals surface area contributed by atoms with Crippen LogP contribution in [-0.4, -0.2) is 21.6 Å². The second-order valence-corrected chi connectivity index (χ2v) is 4.65. The van der Waals surface area contributed by atoms with Crippen molar-refractivity contribution in [3.63, 3.8) is 0 Å². The number of hydrogen-bond acceptors (Lipinski definition) is 3. The summed E-state index contributed by atoms with van der Waals surface area (Å²) < 4.78 is 7.49. The summed E-state index contributed by atoms with van der Waals surface area (Å²) in [5.41, 5.74) is 0. The predicted octanol–water partition coefficient (Wildman–Crippen LogP) is 3.38. The van der Waals surface area contributed by atoms with Crippen molar-refractivity contribution in [2.24, 2.45) is 0 Å². The third-order valence-corrected chi connectivity index (χ3v) is 3.38. The maximum absolute atomic E-state index is 5.42. The first-order chi connectivity index (χ1) is 9.85. The van der Waals surface area contributed by atoms with Crippen LogP contribution in [0.4, 0.5) is 0 Å². The van der Waals surface area contributed by atoms with Gasteiger partial charge in [-0.2, -0.15) is 0 Å². The summed E-state index contributed by atoms with van der Waals surface area (Å²) in [5.74, 6) is 2.81. The topological polar surface area (TPSA) is 39.9 Å². The lowest BCUT2D eigenvalue weighted by atomic mass is 10.1. The third kappa shape index (κ3) is 2.03. The van der Waals surface area contributed by atoms with E-state index in [0.29, 0.717) is 0 Å². The average molecular weight is 267 g/mol. The molecule has 0 aliphatic rings. The van der Waals surface area contributed by atoms with Crippen LogP contribution in [-0.2, 0) is 6.42 Å². The maximum atomic E-state index is 5.42. The second kappa shape index (κ2) is 5.33. The van der Waals surface area contributed by atoms with Crippen LogP contribution in [0.1, 0.15) is 19.2 Å². The lowest BCUT2D eigenvalue weighted by Crippen LogP contribution is -2.03. The van der Waals surface area contributed by atoms with E-state index >= 15 is 0 Å². The standard InChI is InChI=1S/C16H17N3O/c1-3-5-15-17-10-11-19(15)16-13-6-4-7-14(20-2)12(13)8-9-18-16/h4,6-11H,3,5H2,1-2H3. The molecule has 0 saturated heterocycles. The van der Waals surface area contributed by atoms with Gasteiger partial charge < -0.3 is 4.74 Å². The average Bonchev–Trinajstić information content (AvgIpc) is 2.94. The zero-order chi connectivity index (χ0) is 13.9. The molecule has 3 aromatic rings. The zero-order valence-electron chi connectivity index (χ0n) is 11.7. The van der Waals surface area contributed by atoms with Crippen LogP contribution in [0.2, 0.25) is 0 Å². The summed E-state index contributed by atoms with van der Waals surface area (Å²) in [6.45, 7) is 2.15. The molecule has 0 unspecified atom stereocenters. The first kappa shape index (κ1) is 12.7. The minimum atomic E-state index is 0.864. The number of ether oxygens (including phenoxy) is 1. The number of aryl methyl sites for hydroxylation is 1. The van der Waals surface area contributed by atoms with Crippen molar-refractivity contribution < 1.29 is 4.74 Å². The molecule has 2 aromatic heterocycles. The normalized spacial score (nSPS) is 10.9. The van der Waals surface area contributed by atoms with Crippen molar-refractivity contribution >= 4 is 10.8 Å². The minimum absolute atomic E-state index is 0.864. The molecule has 1 aromatic carbocycles. The SMILES string of the molecule is CCCc1nccn1-c1nccc2c(OC)cccc12. The second-order valence-electron chi connectivity index (χ2n) is 4.65. The van der Waals surface area contributed by atoms with Gasteiger partial charge in [-0.25, -0.2) is 9.97 Å². The van der Waals surface area contributed by atoms with E-state index in [1.165, 1.54) is 0 Å². The summed E-state index contributed by atoms with van der Waals surface area (Å²) in [6, 6.07) is 8.00. The molecule has 4 heteroatoms. The molecule has 0 radical (unpaired) electrons. The summed E-state index contributed by atoms with van der Waals surface area (Å²) >= 11 is 0. The van der Waals surface area contributed by atoms with Gasteiger partial charge in [0.05, 0.1) is 7.11 Å². The van der Waals surface area contributed by atoms with Gasteiger partial charge in [-0.3, -0.25) is 4.57 Å². The van der Waals surface area contributed by atoms with Crippen molar-refractivity contribution in [2.75, 3.05) is 7.11 Å². The lowest BCUT2D eigenvalue weighted by Gasteiger charge is -2.11. The summed E-state index contributed by atoms with van der Waals surface area (Å²) in [4.78, 5) is 8.96. The van der Waals surface area contributed by atoms with Crippen molar-refractivity contribution in [1.29, 1.82) is 0 Å². The molecule has 0 aliphatic heterocycles. The number of methoxy groups -OCH3 is 1. The Balaban J connectivity index is 2.24. The van der Waals surface area contributed by atoms with Gasteiger partial charge >= 0.3 is 0 Å². The molecule has 0 atom stereocenters. The maximum Gasteiger partial charge on any atom is 0.146 e. The zero-order valence-corrected chi connectivity index (χ0v) is 11.7. The molecule has 4 nitrogen and oxygen atoms in total. The number of rotatable bonds is 4. The Morgan fingerprint density at radius 2 is 2.00 bits per heavy atom. The van der Waals surface area contributed by atoms with Crippen LogP contribution in [0.3, 0.4) is 0 Å². The number of fused-ring (bicyclic) bond motifs is 1. The van der Waals surface area contributed by atoms with E-state index < -0.39 is 0 Å². The summed E-state index contributed by atoms with van der Waals surface area (Å²) in [6.07, 6.45) is 7.61. The fraction of sp³-hybridized carbons (Fsp3) is 0.250. The van der Waals surface area contributed by atoms with E-state index in [-0.39, 0.29) is 0 Å². The molecule has 0 spiro atoms. The van der Waals surface area contributed by atoms with E-state index in [1.54, 1.807) is 7.11 Å². The smallest absolute Gasteiger partial charge is 0.146 e. The van der Waals surface area contributed by atoms with Crippen molar-refractivity contribution in [2.45, 2.75) is 19.8 Å². The van der Waals surface area contributed by atoms with E-state index in [9.17, 15) is 0 Å². The highest BCUT2D eigenvalue weighted by atomic mass is 16.5. The highest BCUT2D eigenvalue weighted by molar-refractivity contribution is 5.93. The lowest BCUT2D eigenvalue weighted by molar-refractivity contribution is 0.420. The van der Waals surface area contributed by atoms with Gasteiger partial charge in [0.25, 0.3) is 0 Å². The van der Waals surface area contributed by atoms with E-state index in [0.717, 1.165) is 41.0 Å². The van der Waals surface area contributed by atoms with Crippen LogP contribution in [0.5, 0.6) is 5.75 Å². The van der Waals surface area contributed by atoms with Crippen LogP contribution in [0, 0.1) is 0 Å². The van der Waals surface area contributed by atoms with Gasteiger partial charge in [0.15, 0.2) is 0 Å². The Hall–Kier alpha value is -2.36. The monoisotopic (exact) mass is 267 g/mol. The Bertz CT molecular complexity index is 733. The van der Waals surface area contributed by atoms with Gasteiger partial charge in [0.2, 0.25) is 0 Å². The van der Waals surface area contributed by atoms with E-state index in [1.807, 2.05) is 36.8 Å². The Morgan fingerprint density at radius 1 is 1.10 bits per heavy atom. The number of imidazole rings is 1. The number of benzene rings is 1. The fourth-order valence-corrected chi connectivity index (χ4v) is 2.47. The van der Waals surface area contributed by atoms with E-state index in [4.69, 9.17) is 4.74 Å². The number of hydrogen-bond donors (Lipinski definition) is 0. The molecular weight excluding hydrogens is 250 g/mol. The summed E-state index contributed by atoms with van der Waals surface area (Å²) in [5, 5.41) is 2.14. The molecule has 0 amide bonds. The van der Waals surface area contributed by atoms with Gasteiger partial charge in [-0.1, -0.05) is 19.1 Å². The molecule has 0 N–H and O–H groups in total. The van der Waals surface area contributed by atoms with Gasteiger partial charge in [0.1, 0.15) is 17.4 Å². The molecule has 3 rings (SSSR count). The van der Waals surface area contributed by atoms with Crippen molar-refractivity contribution in [1.82, 2.24) is 14.5 Å². The molecule has 0 bridgehead atoms. The molecule has 2 heterocycles. The summed E-state index contributed by atoms with van der Waals surface area (Å²) in [7, 11) is 1.69. The van der Waals surface area contributed by atoms with Gasteiger partial charge in [-0.05, 0) is 18.6 Å². The largest absolute Gasteiger partial charge is 0.496 e. The quantitative estimate of drug-likeness (QED) is 0.727. The van der Waals surface area contributed by atoms with Crippen molar-refractivity contribution in [3.8, 4) is 11.6 Å².